The molecule has 2 atom stereocenters. The summed E-state index contributed by atoms with van der Waals surface area (Å²) in [6.45, 7) is 0. The molecule has 2 aliphatic rings. The molecule has 0 radical (unpaired) electrons. The van der Waals surface area contributed by atoms with E-state index in [4.69, 9.17) is 9.84 Å². The number of carboxylic acids is 4. The van der Waals surface area contributed by atoms with Gasteiger partial charge in [0, 0.05) is 11.4 Å². The van der Waals surface area contributed by atoms with Gasteiger partial charge in [-0.3, -0.25) is 4.79 Å². The monoisotopic (exact) mass is 538 g/mol. The largest absolute Gasteiger partial charge is 0.478 e. The van der Waals surface area contributed by atoms with Gasteiger partial charge in [0.1, 0.15) is 5.92 Å². The minimum Gasteiger partial charge on any atom is -0.478 e. The molecular formula is C24H18N4O11. The highest BCUT2D eigenvalue weighted by Crippen LogP contribution is 2.37. The highest BCUT2D eigenvalue weighted by atomic mass is 16.6. The Morgan fingerprint density at radius 1 is 0.718 bits per heavy atom. The van der Waals surface area contributed by atoms with E-state index < -0.39 is 69.5 Å². The molecule has 2 unspecified atom stereocenters. The maximum atomic E-state index is 12.8. The lowest BCUT2D eigenvalue weighted by Gasteiger charge is -2.32. The number of allylic oxidation sites excluding steroid dienone is 2. The van der Waals surface area contributed by atoms with Crippen LogP contribution in [0.5, 0.6) is 0 Å². The number of fused-ring (bicyclic) bond motifs is 1. The summed E-state index contributed by atoms with van der Waals surface area (Å²) in [5.74, 6) is -9.10. The van der Waals surface area contributed by atoms with Gasteiger partial charge >= 0.3 is 35.8 Å². The van der Waals surface area contributed by atoms with Crippen molar-refractivity contribution in [1.29, 1.82) is 0 Å². The van der Waals surface area contributed by atoms with Gasteiger partial charge in [-0.25, -0.2) is 29.4 Å². The van der Waals surface area contributed by atoms with Crippen LogP contribution >= 0.6 is 0 Å². The molecule has 2 aromatic rings. The van der Waals surface area contributed by atoms with Crippen molar-refractivity contribution < 1.29 is 53.9 Å². The number of esters is 2. The third-order valence-electron chi connectivity index (χ3n) is 5.89. The average molecular weight is 538 g/mol. The van der Waals surface area contributed by atoms with Gasteiger partial charge in [0.25, 0.3) is 0 Å². The Bertz CT molecular complexity index is 1510. The normalized spacial score (nSPS) is 19.4. The first-order valence-corrected chi connectivity index (χ1v) is 10.9. The van der Waals surface area contributed by atoms with Gasteiger partial charge in [-0.1, -0.05) is 12.2 Å². The second kappa shape index (κ2) is 9.98. The smallest absolute Gasteiger partial charge is 0.341 e. The van der Waals surface area contributed by atoms with Crippen LogP contribution in [-0.2, 0) is 14.3 Å². The standard InChI is InChI=1S/C24H18N4O11/c29-18(30)12-5-3-10(8-14(12)20(33)34)25-27-16-2-1-7-24(17(16)22(37)39-23(24)38)28-26-11-4-6-13(19(31)32)15(9-11)21(35)36/h1-9,17,25-28H,(H,29,30)(H,31,32)(H,33,34)(H,35,36). The van der Waals surface area contributed by atoms with Crippen molar-refractivity contribution in [2.75, 3.05) is 10.9 Å². The Morgan fingerprint density at radius 2 is 1.23 bits per heavy atom. The molecule has 15 heteroatoms. The minimum atomic E-state index is -1.82. The minimum absolute atomic E-state index is 0.0629. The summed E-state index contributed by atoms with van der Waals surface area (Å²) < 4.78 is 4.83. The third-order valence-corrected chi connectivity index (χ3v) is 5.89. The number of nitrogens with one attached hydrogen (secondary N) is 4. The fraction of sp³-hybridized carbons (Fsp3) is 0.0833. The summed E-state index contributed by atoms with van der Waals surface area (Å²) in [6, 6.07) is 6.75. The van der Waals surface area contributed by atoms with Crippen LogP contribution in [0.4, 0.5) is 11.4 Å². The molecule has 0 amide bonds. The Labute approximate surface area is 217 Å². The number of ether oxygens (including phenoxy) is 1. The highest BCUT2D eigenvalue weighted by molar-refractivity contribution is 6.06. The zero-order chi connectivity index (χ0) is 28.5. The van der Waals surface area contributed by atoms with Crippen LogP contribution in [0, 0.1) is 5.92 Å². The number of carbonyl (C=O) groups is 6. The number of carboxylic acid groups (broad SMARTS) is 4. The summed E-state index contributed by atoms with van der Waals surface area (Å²) in [4.78, 5) is 70.9. The van der Waals surface area contributed by atoms with Crippen LogP contribution in [0.2, 0.25) is 0 Å². The van der Waals surface area contributed by atoms with Gasteiger partial charge in [0.15, 0.2) is 5.54 Å². The Hall–Kier alpha value is -5.70. The van der Waals surface area contributed by atoms with E-state index in [0.717, 1.165) is 24.3 Å². The molecule has 200 valence electrons. The topological polar surface area (TPSA) is 241 Å². The number of hydrazine groups is 2. The van der Waals surface area contributed by atoms with Crippen LogP contribution in [0.25, 0.3) is 0 Å². The number of anilines is 2. The lowest BCUT2D eigenvalue weighted by atomic mass is 9.81. The average Bonchev–Trinajstić information content (AvgIpc) is 3.15. The number of rotatable bonds is 10. The number of cyclic esters (lactones) is 2. The summed E-state index contributed by atoms with van der Waals surface area (Å²) >= 11 is 0. The van der Waals surface area contributed by atoms with Crippen LogP contribution in [0.1, 0.15) is 41.4 Å². The van der Waals surface area contributed by atoms with E-state index in [9.17, 15) is 44.1 Å². The molecule has 1 aliphatic carbocycles. The van der Waals surface area contributed by atoms with Gasteiger partial charge in [0.2, 0.25) is 0 Å². The molecule has 1 heterocycles. The quantitative estimate of drug-likeness (QED) is 0.119. The molecule has 0 saturated carbocycles. The van der Waals surface area contributed by atoms with E-state index in [1.807, 2.05) is 0 Å². The van der Waals surface area contributed by atoms with Crippen LogP contribution in [0.3, 0.4) is 0 Å². The number of hydrogen-bond acceptors (Lipinski definition) is 11. The molecule has 2 aromatic carbocycles. The van der Waals surface area contributed by atoms with Gasteiger partial charge in [-0.2, -0.15) is 0 Å². The third kappa shape index (κ3) is 4.84. The first-order chi connectivity index (χ1) is 18.4. The first-order valence-electron chi connectivity index (χ1n) is 10.9. The van der Waals surface area contributed by atoms with Crippen LogP contribution < -0.4 is 21.7 Å². The maximum absolute atomic E-state index is 12.8. The Morgan fingerprint density at radius 3 is 1.74 bits per heavy atom. The SMILES string of the molecule is O=C(O)c1ccc(NNC2=CC=CC3(NNc4ccc(C(=O)O)c(C(=O)O)c4)C(=O)OC(=O)C23)cc1C(=O)O. The molecule has 39 heavy (non-hydrogen) atoms. The van der Waals surface area contributed by atoms with Crippen LogP contribution in [0.15, 0.2) is 60.3 Å². The number of benzene rings is 2. The van der Waals surface area contributed by atoms with E-state index in [0.29, 0.717) is 0 Å². The summed E-state index contributed by atoms with van der Waals surface area (Å²) in [7, 11) is 0. The second-order valence-electron chi connectivity index (χ2n) is 8.23. The maximum Gasteiger partial charge on any atom is 0.341 e. The molecule has 0 aromatic heterocycles. The highest BCUT2D eigenvalue weighted by Gasteiger charge is 2.59. The summed E-state index contributed by atoms with van der Waals surface area (Å²) in [5, 5.41) is 37.0. The fourth-order valence-electron chi connectivity index (χ4n) is 4.04. The molecule has 1 saturated heterocycles. The van der Waals surface area contributed by atoms with Gasteiger partial charge in [0.05, 0.1) is 27.9 Å². The Kier molecular flexibility index (Phi) is 6.75. The van der Waals surface area contributed by atoms with Crippen molar-refractivity contribution in [2.45, 2.75) is 5.54 Å². The van der Waals surface area contributed by atoms with E-state index in [1.54, 1.807) is 0 Å². The van der Waals surface area contributed by atoms with Crippen molar-refractivity contribution >= 4 is 47.2 Å². The molecule has 0 bridgehead atoms. The van der Waals surface area contributed by atoms with E-state index in [-0.39, 0.29) is 17.1 Å². The van der Waals surface area contributed by atoms with Crippen molar-refractivity contribution in [3.8, 4) is 0 Å². The number of hydrogen-bond donors (Lipinski definition) is 8. The summed E-state index contributed by atoms with van der Waals surface area (Å²) in [5.41, 5.74) is 7.20. The van der Waals surface area contributed by atoms with Crippen molar-refractivity contribution in [1.82, 2.24) is 10.9 Å². The van der Waals surface area contributed by atoms with E-state index in [2.05, 4.69) is 21.7 Å². The van der Waals surface area contributed by atoms with Gasteiger partial charge in [-0.15, -0.1) is 0 Å². The number of aromatic carboxylic acids is 4. The predicted molar refractivity (Wildman–Crippen MR) is 129 cm³/mol. The predicted octanol–water partition coefficient (Wildman–Crippen LogP) is 0.905. The van der Waals surface area contributed by atoms with E-state index in [1.165, 1.54) is 30.4 Å². The molecule has 0 spiro atoms. The summed E-state index contributed by atoms with van der Waals surface area (Å²) in [6.07, 6.45) is 4.18. The zero-order valence-corrected chi connectivity index (χ0v) is 19.4. The van der Waals surface area contributed by atoms with Crippen molar-refractivity contribution in [3.05, 3.63) is 82.6 Å². The molecule has 1 fully saturated rings. The fourth-order valence-corrected chi connectivity index (χ4v) is 4.04. The zero-order valence-electron chi connectivity index (χ0n) is 19.4. The Balaban J connectivity index is 1.56. The van der Waals surface area contributed by atoms with Gasteiger partial charge < -0.3 is 41.4 Å². The number of carbonyl (C=O) groups excluding carboxylic acids is 2. The molecular weight excluding hydrogens is 520 g/mol. The van der Waals surface area contributed by atoms with Crippen molar-refractivity contribution in [3.63, 3.8) is 0 Å². The molecule has 1 aliphatic heterocycles. The molecule has 15 nitrogen and oxygen atoms in total. The van der Waals surface area contributed by atoms with Crippen LogP contribution in [-0.4, -0.2) is 61.8 Å². The molecule has 8 N–H and O–H groups in total. The van der Waals surface area contributed by atoms with Gasteiger partial charge in [-0.05, 0) is 42.5 Å². The lowest BCUT2D eigenvalue weighted by molar-refractivity contribution is -0.153. The van der Waals surface area contributed by atoms with E-state index >= 15 is 0 Å². The lowest BCUT2D eigenvalue weighted by Crippen LogP contribution is -2.57. The van der Waals surface area contributed by atoms with Crippen molar-refractivity contribution in [2.24, 2.45) is 5.92 Å². The first kappa shape index (κ1) is 26.4. The molecule has 4 rings (SSSR count). The second-order valence-corrected chi connectivity index (χ2v) is 8.23.